The number of hydrogen-bond donors (Lipinski definition) is 3. The van der Waals surface area contributed by atoms with Crippen LogP contribution in [0.1, 0.15) is 39.0 Å². The predicted octanol–water partition coefficient (Wildman–Crippen LogP) is 1.33. The molecule has 0 fully saturated rings. The van der Waals surface area contributed by atoms with E-state index >= 15 is 0 Å². The van der Waals surface area contributed by atoms with Crippen LogP contribution >= 0.6 is 0 Å². The van der Waals surface area contributed by atoms with Crippen LogP contribution in [0, 0.1) is 6.92 Å². The summed E-state index contributed by atoms with van der Waals surface area (Å²) < 4.78 is 5.11. The van der Waals surface area contributed by atoms with Gasteiger partial charge in [0.2, 0.25) is 0 Å². The molecular formula is C17H19N3O4. The van der Waals surface area contributed by atoms with Gasteiger partial charge in [-0.2, -0.15) is 0 Å². The third-order valence-corrected chi connectivity index (χ3v) is 3.50. The van der Waals surface area contributed by atoms with Gasteiger partial charge in [-0.15, -0.1) is 0 Å². The first kappa shape index (κ1) is 17.6. The van der Waals surface area contributed by atoms with Crippen LogP contribution in [0.15, 0.2) is 30.3 Å². The molecule has 2 rings (SSSR count). The molecule has 0 saturated carbocycles. The van der Waals surface area contributed by atoms with Crippen molar-refractivity contribution in [1.82, 2.24) is 10.4 Å². The van der Waals surface area contributed by atoms with Crippen LogP contribution in [0.25, 0.3) is 11.1 Å². The third-order valence-electron chi connectivity index (χ3n) is 3.50. The highest BCUT2D eigenvalue weighted by atomic mass is 16.5. The predicted molar refractivity (Wildman–Crippen MR) is 87.9 cm³/mol. The SMILES string of the molecule is CCOC(=O)c1c(C)nc(CO)c(C(=O)NN)c1-c1ccccc1. The minimum Gasteiger partial charge on any atom is -0.462 e. The number of hydrazine groups is 1. The Morgan fingerprint density at radius 3 is 2.46 bits per heavy atom. The second-order valence-electron chi connectivity index (χ2n) is 4.99. The lowest BCUT2D eigenvalue weighted by atomic mass is 9.92. The summed E-state index contributed by atoms with van der Waals surface area (Å²) in [7, 11) is 0. The molecule has 0 unspecified atom stereocenters. The van der Waals surface area contributed by atoms with Gasteiger partial charge < -0.3 is 9.84 Å². The van der Waals surface area contributed by atoms with Crippen LogP contribution in [0.4, 0.5) is 0 Å². The zero-order valence-corrected chi connectivity index (χ0v) is 13.5. The van der Waals surface area contributed by atoms with Crippen LogP contribution < -0.4 is 11.3 Å². The van der Waals surface area contributed by atoms with E-state index in [0.717, 1.165) is 0 Å². The minimum absolute atomic E-state index is 0.0554. The van der Waals surface area contributed by atoms with Gasteiger partial charge in [0.1, 0.15) is 0 Å². The molecule has 0 bridgehead atoms. The number of aryl methyl sites for hydroxylation is 1. The number of carbonyl (C=O) groups excluding carboxylic acids is 2. The summed E-state index contributed by atoms with van der Waals surface area (Å²) in [5.41, 5.74) is 3.75. The van der Waals surface area contributed by atoms with Crippen molar-refractivity contribution in [3.8, 4) is 11.1 Å². The van der Waals surface area contributed by atoms with E-state index in [0.29, 0.717) is 16.8 Å². The lowest BCUT2D eigenvalue weighted by Crippen LogP contribution is -2.32. The molecule has 0 aliphatic heterocycles. The number of nitrogens with two attached hydrogens (primary N) is 1. The van der Waals surface area contributed by atoms with Crippen LogP contribution in [0.3, 0.4) is 0 Å². The highest BCUT2D eigenvalue weighted by Gasteiger charge is 2.27. The summed E-state index contributed by atoms with van der Waals surface area (Å²) >= 11 is 0. The lowest BCUT2D eigenvalue weighted by molar-refractivity contribution is 0.0525. The van der Waals surface area contributed by atoms with Crippen LogP contribution in [-0.2, 0) is 11.3 Å². The number of aliphatic hydroxyl groups is 1. The van der Waals surface area contributed by atoms with Gasteiger partial charge in [-0.3, -0.25) is 15.2 Å². The Morgan fingerprint density at radius 2 is 1.92 bits per heavy atom. The van der Waals surface area contributed by atoms with Crippen molar-refractivity contribution in [2.45, 2.75) is 20.5 Å². The number of nitrogens with one attached hydrogen (secondary N) is 1. The Kier molecular flexibility index (Phi) is 5.62. The van der Waals surface area contributed by atoms with Crippen molar-refractivity contribution in [3.05, 3.63) is 52.8 Å². The van der Waals surface area contributed by atoms with Gasteiger partial charge in [-0.05, 0) is 19.4 Å². The Morgan fingerprint density at radius 1 is 1.25 bits per heavy atom. The van der Waals surface area contributed by atoms with Gasteiger partial charge in [0.25, 0.3) is 5.91 Å². The summed E-state index contributed by atoms with van der Waals surface area (Å²) in [6.45, 7) is 3.04. The smallest absolute Gasteiger partial charge is 0.340 e. The molecule has 2 aromatic rings. The number of esters is 1. The molecule has 0 aliphatic carbocycles. The fourth-order valence-electron chi connectivity index (χ4n) is 2.54. The Balaban J connectivity index is 2.89. The number of benzene rings is 1. The number of aliphatic hydroxyl groups excluding tert-OH is 1. The fourth-order valence-corrected chi connectivity index (χ4v) is 2.54. The minimum atomic E-state index is -0.643. The quantitative estimate of drug-likeness (QED) is 0.330. The maximum absolute atomic E-state index is 12.4. The second-order valence-corrected chi connectivity index (χ2v) is 4.99. The number of nitrogens with zero attached hydrogens (tertiary/aromatic N) is 1. The van der Waals surface area contributed by atoms with Crippen molar-refractivity contribution in [3.63, 3.8) is 0 Å². The van der Waals surface area contributed by atoms with Crippen molar-refractivity contribution in [1.29, 1.82) is 0 Å². The highest BCUT2D eigenvalue weighted by molar-refractivity contribution is 6.08. The van der Waals surface area contributed by atoms with Crippen molar-refractivity contribution in [2.75, 3.05) is 6.61 Å². The summed E-state index contributed by atoms with van der Waals surface area (Å²) in [5.74, 6) is 4.04. The topological polar surface area (TPSA) is 115 Å². The lowest BCUT2D eigenvalue weighted by Gasteiger charge is -2.18. The zero-order chi connectivity index (χ0) is 17.7. The third kappa shape index (κ3) is 3.27. The second kappa shape index (κ2) is 7.67. The van der Waals surface area contributed by atoms with Crippen molar-refractivity contribution in [2.24, 2.45) is 5.84 Å². The highest BCUT2D eigenvalue weighted by Crippen LogP contribution is 2.32. The van der Waals surface area contributed by atoms with Crippen LogP contribution in [0.5, 0.6) is 0 Å². The Bertz CT molecular complexity index is 760. The number of amides is 1. The molecule has 1 aromatic heterocycles. The molecule has 1 amide bonds. The molecule has 1 heterocycles. The largest absolute Gasteiger partial charge is 0.462 e. The number of ether oxygens (including phenoxy) is 1. The van der Waals surface area contributed by atoms with E-state index in [1.165, 1.54) is 0 Å². The summed E-state index contributed by atoms with van der Waals surface area (Å²) in [6.07, 6.45) is 0. The Labute approximate surface area is 139 Å². The molecule has 0 aliphatic rings. The fraction of sp³-hybridized carbons (Fsp3) is 0.235. The maximum Gasteiger partial charge on any atom is 0.340 e. The first-order valence-corrected chi connectivity index (χ1v) is 7.42. The average Bonchev–Trinajstić information content (AvgIpc) is 2.60. The van der Waals surface area contributed by atoms with E-state index in [9.17, 15) is 14.7 Å². The summed E-state index contributed by atoms with van der Waals surface area (Å²) in [4.78, 5) is 28.9. The van der Waals surface area contributed by atoms with Gasteiger partial charge in [-0.1, -0.05) is 30.3 Å². The molecular weight excluding hydrogens is 310 g/mol. The van der Waals surface area contributed by atoms with E-state index < -0.39 is 18.5 Å². The number of hydrogen-bond acceptors (Lipinski definition) is 6. The molecule has 4 N–H and O–H groups in total. The van der Waals surface area contributed by atoms with E-state index in [1.54, 1.807) is 38.1 Å². The molecule has 0 saturated heterocycles. The first-order chi connectivity index (χ1) is 11.5. The van der Waals surface area contributed by atoms with Crippen LogP contribution in [-0.4, -0.2) is 28.6 Å². The van der Waals surface area contributed by atoms with E-state index in [-0.39, 0.29) is 23.4 Å². The molecule has 1 aromatic carbocycles. The molecule has 0 radical (unpaired) electrons. The molecule has 126 valence electrons. The molecule has 7 nitrogen and oxygen atoms in total. The molecule has 7 heteroatoms. The maximum atomic E-state index is 12.4. The molecule has 0 atom stereocenters. The Hall–Kier alpha value is -2.77. The van der Waals surface area contributed by atoms with Gasteiger partial charge >= 0.3 is 5.97 Å². The number of pyridine rings is 1. The van der Waals surface area contributed by atoms with Crippen molar-refractivity contribution >= 4 is 11.9 Å². The number of nitrogen functional groups attached to an aromatic ring is 1. The molecule has 24 heavy (non-hydrogen) atoms. The summed E-state index contributed by atoms with van der Waals surface area (Å²) in [5, 5.41) is 9.59. The van der Waals surface area contributed by atoms with Gasteiger partial charge in [-0.25, -0.2) is 10.6 Å². The van der Waals surface area contributed by atoms with Crippen LogP contribution in [0.2, 0.25) is 0 Å². The zero-order valence-electron chi connectivity index (χ0n) is 13.5. The number of aromatic nitrogens is 1. The monoisotopic (exact) mass is 329 g/mol. The average molecular weight is 329 g/mol. The number of carbonyl (C=O) groups is 2. The van der Waals surface area contributed by atoms with Gasteiger partial charge in [0, 0.05) is 5.56 Å². The van der Waals surface area contributed by atoms with E-state index in [4.69, 9.17) is 10.6 Å². The number of rotatable bonds is 5. The first-order valence-electron chi connectivity index (χ1n) is 7.42. The standard InChI is InChI=1S/C17H19N3O4/c1-3-24-17(23)13-10(2)19-12(9-21)15(16(22)20-18)14(13)11-7-5-4-6-8-11/h4-8,21H,3,9,18H2,1-2H3,(H,20,22). The van der Waals surface area contributed by atoms with E-state index in [1.807, 2.05) is 11.5 Å². The summed E-state index contributed by atoms with van der Waals surface area (Å²) in [6, 6.07) is 8.89. The van der Waals surface area contributed by atoms with Gasteiger partial charge in [0.05, 0.1) is 35.7 Å². The van der Waals surface area contributed by atoms with Crippen molar-refractivity contribution < 1.29 is 19.4 Å². The normalized spacial score (nSPS) is 10.3. The van der Waals surface area contributed by atoms with E-state index in [2.05, 4.69) is 4.98 Å². The van der Waals surface area contributed by atoms with Gasteiger partial charge in [0.15, 0.2) is 0 Å². The molecule has 0 spiro atoms.